The molecule has 0 aromatic heterocycles. The van der Waals surface area contributed by atoms with E-state index in [2.05, 4.69) is 35.8 Å². The van der Waals surface area contributed by atoms with E-state index in [9.17, 15) is 5.11 Å². The average Bonchev–Trinajstić information content (AvgIpc) is 2.30. The minimum atomic E-state index is -0.435. The smallest absolute Gasteiger partial charge is 0.0897 e. The molecule has 1 aromatic carbocycles. The van der Waals surface area contributed by atoms with Crippen LogP contribution in [0.5, 0.6) is 0 Å². The van der Waals surface area contributed by atoms with Gasteiger partial charge >= 0.3 is 0 Å². The molecule has 0 amide bonds. The molecule has 1 atom stereocenters. The van der Waals surface area contributed by atoms with Gasteiger partial charge in [0, 0.05) is 25.1 Å². The van der Waals surface area contributed by atoms with Gasteiger partial charge in [-0.05, 0) is 24.0 Å². The van der Waals surface area contributed by atoms with E-state index in [1.165, 1.54) is 10.5 Å². The predicted octanol–water partition coefficient (Wildman–Crippen LogP) is 1.51. The Hall–Kier alpha value is -0.550. The number of benzene rings is 1. The maximum absolute atomic E-state index is 9.42. The summed E-state index contributed by atoms with van der Waals surface area (Å²) in [6, 6.07) is 8.41. The molecule has 0 heterocycles. The van der Waals surface area contributed by atoms with Crippen LogP contribution in [0.4, 0.5) is 0 Å². The van der Waals surface area contributed by atoms with Crippen LogP contribution in [0.3, 0.4) is 0 Å². The Balaban J connectivity index is 2.26. The second-order valence-electron chi connectivity index (χ2n) is 3.59. The van der Waals surface area contributed by atoms with Crippen molar-refractivity contribution in [2.75, 3.05) is 26.5 Å². The van der Waals surface area contributed by atoms with E-state index in [1.807, 2.05) is 0 Å². The van der Waals surface area contributed by atoms with Gasteiger partial charge in [-0.1, -0.05) is 12.1 Å². The van der Waals surface area contributed by atoms with Crippen molar-refractivity contribution in [1.82, 2.24) is 5.32 Å². The summed E-state index contributed by atoms with van der Waals surface area (Å²) >= 11 is 1.74. The first-order valence-electron chi connectivity index (χ1n) is 5.27. The minimum Gasteiger partial charge on any atom is -0.389 e. The first-order chi connectivity index (χ1) is 7.76. The van der Waals surface area contributed by atoms with Crippen LogP contribution in [0, 0.1) is 0 Å². The fraction of sp³-hybridized carbons (Fsp3) is 0.500. The molecule has 90 valence electrons. The summed E-state index contributed by atoms with van der Waals surface area (Å²) in [4.78, 5) is 1.27. The van der Waals surface area contributed by atoms with Gasteiger partial charge in [-0.3, -0.25) is 0 Å². The molecule has 0 aliphatic carbocycles. The van der Waals surface area contributed by atoms with Crippen LogP contribution < -0.4 is 5.32 Å². The van der Waals surface area contributed by atoms with Gasteiger partial charge in [0.05, 0.1) is 12.7 Å². The van der Waals surface area contributed by atoms with E-state index in [4.69, 9.17) is 4.74 Å². The van der Waals surface area contributed by atoms with E-state index >= 15 is 0 Å². The van der Waals surface area contributed by atoms with Crippen molar-refractivity contribution in [3.8, 4) is 0 Å². The highest BCUT2D eigenvalue weighted by Gasteiger charge is 2.02. The van der Waals surface area contributed by atoms with Crippen molar-refractivity contribution in [2.45, 2.75) is 17.5 Å². The number of rotatable bonds is 7. The molecule has 16 heavy (non-hydrogen) atoms. The van der Waals surface area contributed by atoms with Crippen molar-refractivity contribution < 1.29 is 9.84 Å². The second kappa shape index (κ2) is 7.68. The predicted molar refractivity (Wildman–Crippen MR) is 67.8 cm³/mol. The number of ether oxygens (including phenoxy) is 1. The summed E-state index contributed by atoms with van der Waals surface area (Å²) in [5.41, 5.74) is 1.22. The number of nitrogens with one attached hydrogen (secondary N) is 1. The summed E-state index contributed by atoms with van der Waals surface area (Å²) in [5.74, 6) is 0. The lowest BCUT2D eigenvalue weighted by Crippen LogP contribution is -2.29. The number of hydrogen-bond acceptors (Lipinski definition) is 4. The van der Waals surface area contributed by atoms with Crippen molar-refractivity contribution in [1.29, 1.82) is 0 Å². The van der Waals surface area contributed by atoms with E-state index in [-0.39, 0.29) is 0 Å². The lowest BCUT2D eigenvalue weighted by Gasteiger charge is -2.10. The van der Waals surface area contributed by atoms with Crippen LogP contribution in [-0.2, 0) is 11.3 Å². The third-order valence-electron chi connectivity index (χ3n) is 2.23. The van der Waals surface area contributed by atoms with Crippen molar-refractivity contribution in [3.05, 3.63) is 29.8 Å². The number of hydrogen-bond donors (Lipinski definition) is 2. The molecule has 0 fully saturated rings. The Morgan fingerprint density at radius 2 is 2.06 bits per heavy atom. The topological polar surface area (TPSA) is 41.5 Å². The Morgan fingerprint density at radius 3 is 2.62 bits per heavy atom. The number of aliphatic hydroxyl groups excluding tert-OH is 1. The van der Waals surface area contributed by atoms with Crippen LogP contribution in [0.1, 0.15) is 5.56 Å². The highest BCUT2D eigenvalue weighted by atomic mass is 32.2. The number of thioether (sulfide) groups is 1. The molecule has 2 N–H and O–H groups in total. The maximum atomic E-state index is 9.42. The summed E-state index contributed by atoms with van der Waals surface area (Å²) in [6.07, 6.45) is 1.63. The SMILES string of the molecule is COCC(O)CNCc1ccc(SC)cc1. The Kier molecular flexibility index (Phi) is 6.49. The fourth-order valence-corrected chi connectivity index (χ4v) is 1.79. The summed E-state index contributed by atoms with van der Waals surface area (Å²) < 4.78 is 4.84. The highest BCUT2D eigenvalue weighted by molar-refractivity contribution is 7.98. The van der Waals surface area contributed by atoms with Crippen LogP contribution in [0.15, 0.2) is 29.2 Å². The van der Waals surface area contributed by atoms with Crippen molar-refractivity contribution in [3.63, 3.8) is 0 Å². The van der Waals surface area contributed by atoms with Gasteiger partial charge in [-0.25, -0.2) is 0 Å². The average molecular weight is 241 g/mol. The van der Waals surface area contributed by atoms with Gasteiger partial charge in [-0.15, -0.1) is 11.8 Å². The zero-order valence-electron chi connectivity index (χ0n) is 9.77. The molecule has 0 saturated carbocycles. The van der Waals surface area contributed by atoms with Crippen LogP contribution >= 0.6 is 11.8 Å². The third kappa shape index (κ3) is 4.99. The molecule has 0 radical (unpaired) electrons. The summed E-state index contributed by atoms with van der Waals surface area (Å²) in [5, 5.41) is 12.6. The van der Waals surface area contributed by atoms with E-state index in [1.54, 1.807) is 18.9 Å². The molecule has 0 aliphatic heterocycles. The molecule has 0 bridgehead atoms. The third-order valence-corrected chi connectivity index (χ3v) is 2.97. The zero-order valence-corrected chi connectivity index (χ0v) is 10.6. The Morgan fingerprint density at radius 1 is 1.38 bits per heavy atom. The number of methoxy groups -OCH3 is 1. The zero-order chi connectivity index (χ0) is 11.8. The van der Waals surface area contributed by atoms with Crippen LogP contribution in [0.2, 0.25) is 0 Å². The first-order valence-corrected chi connectivity index (χ1v) is 6.49. The highest BCUT2D eigenvalue weighted by Crippen LogP contribution is 2.14. The van der Waals surface area contributed by atoms with E-state index in [0.29, 0.717) is 13.2 Å². The van der Waals surface area contributed by atoms with Gasteiger partial charge in [0.15, 0.2) is 0 Å². The minimum absolute atomic E-state index is 0.373. The molecule has 1 unspecified atom stereocenters. The standard InChI is InChI=1S/C12H19NO2S/c1-15-9-11(14)8-13-7-10-3-5-12(16-2)6-4-10/h3-6,11,13-14H,7-9H2,1-2H3. The molecule has 1 rings (SSSR count). The van der Waals surface area contributed by atoms with Crippen LogP contribution in [-0.4, -0.2) is 37.7 Å². The largest absolute Gasteiger partial charge is 0.389 e. The van der Waals surface area contributed by atoms with Crippen molar-refractivity contribution >= 4 is 11.8 Å². The lowest BCUT2D eigenvalue weighted by atomic mass is 10.2. The Labute approximate surface area is 101 Å². The molecular formula is C12H19NO2S. The van der Waals surface area contributed by atoms with Crippen molar-refractivity contribution in [2.24, 2.45) is 0 Å². The normalized spacial score (nSPS) is 12.7. The van der Waals surface area contributed by atoms with Gasteiger partial charge in [0.25, 0.3) is 0 Å². The summed E-state index contributed by atoms with van der Waals surface area (Å²) in [7, 11) is 1.59. The van der Waals surface area contributed by atoms with Gasteiger partial charge in [-0.2, -0.15) is 0 Å². The lowest BCUT2D eigenvalue weighted by molar-refractivity contribution is 0.0644. The Bertz CT molecular complexity index is 290. The molecule has 4 heteroatoms. The monoisotopic (exact) mass is 241 g/mol. The molecule has 0 spiro atoms. The number of aliphatic hydroxyl groups is 1. The van der Waals surface area contributed by atoms with Gasteiger partial charge in [0.2, 0.25) is 0 Å². The molecule has 1 aromatic rings. The fourth-order valence-electron chi connectivity index (χ4n) is 1.38. The quantitative estimate of drug-likeness (QED) is 0.710. The maximum Gasteiger partial charge on any atom is 0.0897 e. The van der Waals surface area contributed by atoms with Gasteiger partial charge in [0.1, 0.15) is 0 Å². The van der Waals surface area contributed by atoms with Gasteiger partial charge < -0.3 is 15.2 Å². The first kappa shape index (κ1) is 13.5. The van der Waals surface area contributed by atoms with E-state index in [0.717, 1.165) is 6.54 Å². The van der Waals surface area contributed by atoms with E-state index < -0.39 is 6.10 Å². The molecule has 0 saturated heterocycles. The summed E-state index contributed by atoms with van der Waals surface area (Å²) in [6.45, 7) is 1.70. The van der Waals surface area contributed by atoms with Crippen LogP contribution in [0.25, 0.3) is 0 Å². The molecule has 0 aliphatic rings. The molecule has 3 nitrogen and oxygen atoms in total. The second-order valence-corrected chi connectivity index (χ2v) is 4.47. The molecular weight excluding hydrogens is 222 g/mol.